The van der Waals surface area contributed by atoms with Gasteiger partial charge in [-0.2, -0.15) is 0 Å². The summed E-state index contributed by atoms with van der Waals surface area (Å²) in [5, 5.41) is 2.34. The van der Waals surface area contributed by atoms with E-state index in [1.807, 2.05) is 0 Å². The quantitative estimate of drug-likeness (QED) is 0.445. The Morgan fingerprint density at radius 1 is 1.07 bits per heavy atom. The van der Waals surface area contributed by atoms with Crippen molar-refractivity contribution in [3.05, 3.63) is 0 Å². The largest absolute Gasteiger partial charge is 0.459 e. The number of ether oxygens (including phenoxy) is 2. The molecular weight excluding hydrogens is 490 g/mol. The number of halogens is 2. The molecule has 7 heteroatoms. The number of hydrogen-bond acceptors (Lipinski definition) is 4. The lowest BCUT2D eigenvalue weighted by molar-refractivity contribution is -0.665. The molecule has 28 heavy (non-hydrogen) atoms. The van der Waals surface area contributed by atoms with Crippen LogP contribution < -0.4 is 5.32 Å². The van der Waals surface area contributed by atoms with E-state index in [0.717, 1.165) is 58.0 Å². The van der Waals surface area contributed by atoms with Crippen LogP contribution in [0.3, 0.4) is 0 Å². The van der Waals surface area contributed by atoms with E-state index in [2.05, 4.69) is 51.0 Å². The normalized spacial score (nSPS) is 37.9. The average Bonchev–Trinajstić information content (AvgIpc) is 2.60. The first kappa shape index (κ1) is 21.1. The minimum atomic E-state index is -0.502. The standard InChI is InChI=1S/C21H31Br2NO4/c1-19(2,15-3-5-24-6-4-15)28-18(26)20-8-13-7-14(9-20)11-21(10-13,12-20)27-17(25)16(22)23/h13-16,24H,3-12H2,1-2H3/p+1. The van der Waals surface area contributed by atoms with E-state index in [-0.39, 0.29) is 11.9 Å². The predicted octanol–water partition coefficient (Wildman–Crippen LogP) is 3.28. The predicted molar refractivity (Wildman–Crippen MR) is 112 cm³/mol. The van der Waals surface area contributed by atoms with Gasteiger partial charge in [-0.15, -0.1) is 0 Å². The van der Waals surface area contributed by atoms with Gasteiger partial charge in [-0.25, -0.2) is 4.79 Å². The van der Waals surface area contributed by atoms with Crippen LogP contribution in [0, 0.1) is 23.2 Å². The van der Waals surface area contributed by atoms with Crippen LogP contribution in [0.15, 0.2) is 0 Å². The molecule has 5 nitrogen and oxygen atoms in total. The number of carbonyl (C=O) groups excluding carboxylic acids is 2. The SMILES string of the molecule is CC(C)(OC(=O)C12CC3CC(CC(OC(=O)C(Br)Br)(C3)C1)C2)C1CC[NH2+]CC1. The van der Waals surface area contributed by atoms with Crippen molar-refractivity contribution in [2.45, 2.75) is 80.2 Å². The van der Waals surface area contributed by atoms with Crippen molar-refractivity contribution >= 4 is 43.8 Å². The number of piperidine rings is 1. The molecule has 0 spiro atoms. The van der Waals surface area contributed by atoms with Crippen LogP contribution in [0.4, 0.5) is 0 Å². The third kappa shape index (κ3) is 3.92. The van der Waals surface area contributed by atoms with Crippen LogP contribution >= 0.6 is 31.9 Å². The molecule has 0 amide bonds. The van der Waals surface area contributed by atoms with E-state index >= 15 is 0 Å². The molecule has 5 fully saturated rings. The van der Waals surface area contributed by atoms with E-state index in [9.17, 15) is 9.59 Å². The maximum atomic E-state index is 13.5. The van der Waals surface area contributed by atoms with E-state index < -0.39 is 20.4 Å². The molecule has 0 aromatic rings. The molecule has 0 aromatic heterocycles. The summed E-state index contributed by atoms with van der Waals surface area (Å²) in [6, 6.07) is 0. The van der Waals surface area contributed by atoms with Gasteiger partial charge in [-0.1, -0.05) is 31.9 Å². The Hall–Kier alpha value is -0.140. The van der Waals surface area contributed by atoms with Gasteiger partial charge in [-0.3, -0.25) is 4.79 Å². The molecule has 0 aromatic carbocycles. The molecule has 158 valence electrons. The van der Waals surface area contributed by atoms with E-state index in [0.29, 0.717) is 24.2 Å². The zero-order chi connectivity index (χ0) is 20.2. The van der Waals surface area contributed by atoms with Crippen LogP contribution in [-0.2, 0) is 19.1 Å². The molecule has 5 aliphatic rings. The number of nitrogens with two attached hydrogens (primary N) is 1. The van der Waals surface area contributed by atoms with Crippen molar-refractivity contribution in [3.63, 3.8) is 0 Å². The molecule has 2 atom stereocenters. The minimum absolute atomic E-state index is 0.0455. The Balaban J connectivity index is 1.52. The highest BCUT2D eigenvalue weighted by atomic mass is 79.9. The smallest absolute Gasteiger partial charge is 0.331 e. The second-order valence-electron chi connectivity index (χ2n) is 10.3. The topological polar surface area (TPSA) is 69.2 Å². The van der Waals surface area contributed by atoms with Crippen LogP contribution in [-0.4, -0.2) is 40.0 Å². The number of carbonyl (C=O) groups is 2. The Labute approximate surface area is 184 Å². The van der Waals surface area contributed by atoms with Crippen molar-refractivity contribution < 1.29 is 24.4 Å². The van der Waals surface area contributed by atoms with Crippen LogP contribution in [0.25, 0.3) is 0 Å². The summed E-state index contributed by atoms with van der Waals surface area (Å²) in [7, 11) is 0. The van der Waals surface area contributed by atoms with E-state index in [4.69, 9.17) is 9.47 Å². The second-order valence-corrected chi connectivity index (χ2v) is 13.3. The van der Waals surface area contributed by atoms with E-state index in [1.165, 1.54) is 0 Å². The maximum absolute atomic E-state index is 13.5. The number of rotatable bonds is 5. The van der Waals surface area contributed by atoms with Gasteiger partial charge < -0.3 is 14.8 Å². The zero-order valence-corrected chi connectivity index (χ0v) is 20.0. The van der Waals surface area contributed by atoms with Crippen molar-refractivity contribution in [2.75, 3.05) is 13.1 Å². The van der Waals surface area contributed by atoms with Gasteiger partial charge in [0.05, 0.1) is 18.5 Å². The van der Waals surface area contributed by atoms with Gasteiger partial charge >= 0.3 is 11.9 Å². The Morgan fingerprint density at radius 2 is 1.68 bits per heavy atom. The highest BCUT2D eigenvalue weighted by Gasteiger charge is 2.63. The molecular formula is C21H32Br2NO4+. The molecule has 4 saturated carbocycles. The fraction of sp³-hybridized carbons (Fsp3) is 0.905. The van der Waals surface area contributed by atoms with Gasteiger partial charge in [0.1, 0.15) is 11.2 Å². The van der Waals surface area contributed by atoms with Crippen molar-refractivity contribution in [3.8, 4) is 0 Å². The number of alkyl halides is 2. The van der Waals surface area contributed by atoms with Crippen molar-refractivity contribution in [2.24, 2.45) is 23.2 Å². The molecule has 1 heterocycles. The first-order valence-electron chi connectivity index (χ1n) is 10.7. The summed E-state index contributed by atoms with van der Waals surface area (Å²) in [6.45, 7) is 6.38. The first-order valence-corrected chi connectivity index (χ1v) is 12.5. The second kappa shape index (κ2) is 7.52. The summed E-state index contributed by atoms with van der Waals surface area (Å²) >= 11 is 6.51. The molecule has 5 rings (SSSR count). The molecule has 4 bridgehead atoms. The fourth-order valence-electron chi connectivity index (χ4n) is 6.85. The molecule has 2 unspecified atom stereocenters. The lowest BCUT2D eigenvalue weighted by Gasteiger charge is -2.60. The summed E-state index contributed by atoms with van der Waals surface area (Å²) in [6.07, 6.45) is 7.53. The molecule has 1 saturated heterocycles. The molecule has 0 radical (unpaired) electrons. The third-order valence-electron chi connectivity index (χ3n) is 7.71. The first-order chi connectivity index (χ1) is 13.1. The Bertz CT molecular complexity index is 630. The zero-order valence-electron chi connectivity index (χ0n) is 16.8. The number of quaternary nitrogens is 1. The monoisotopic (exact) mass is 520 g/mol. The summed E-state index contributed by atoms with van der Waals surface area (Å²) < 4.78 is 11.7. The van der Waals surface area contributed by atoms with Crippen molar-refractivity contribution in [1.29, 1.82) is 0 Å². The van der Waals surface area contributed by atoms with Crippen molar-refractivity contribution in [1.82, 2.24) is 0 Å². The Morgan fingerprint density at radius 3 is 2.25 bits per heavy atom. The van der Waals surface area contributed by atoms with Gasteiger partial charge in [0.2, 0.25) is 0 Å². The molecule has 1 aliphatic heterocycles. The van der Waals surface area contributed by atoms with Gasteiger partial charge in [0.15, 0.2) is 3.74 Å². The summed E-state index contributed by atoms with van der Waals surface area (Å²) in [5.41, 5.74) is -1.41. The number of esters is 2. The minimum Gasteiger partial charge on any atom is -0.459 e. The van der Waals surface area contributed by atoms with Gasteiger partial charge in [-0.05, 0) is 57.8 Å². The molecule has 2 N–H and O–H groups in total. The average molecular weight is 522 g/mol. The van der Waals surface area contributed by atoms with Crippen LogP contribution in [0.5, 0.6) is 0 Å². The lowest BCUT2D eigenvalue weighted by Crippen LogP contribution is -2.86. The fourth-order valence-corrected chi connectivity index (χ4v) is 7.03. The van der Waals surface area contributed by atoms with Crippen LogP contribution in [0.1, 0.15) is 65.2 Å². The lowest BCUT2D eigenvalue weighted by atomic mass is 9.48. The van der Waals surface area contributed by atoms with E-state index in [1.54, 1.807) is 0 Å². The van der Waals surface area contributed by atoms with Gasteiger partial charge in [0, 0.05) is 25.2 Å². The Kier molecular flexibility index (Phi) is 5.67. The van der Waals surface area contributed by atoms with Crippen LogP contribution in [0.2, 0.25) is 0 Å². The summed E-state index contributed by atoms with van der Waals surface area (Å²) in [5.74, 6) is 1.00. The van der Waals surface area contributed by atoms with Gasteiger partial charge in [0.25, 0.3) is 0 Å². The summed E-state index contributed by atoms with van der Waals surface area (Å²) in [4.78, 5) is 25.8. The number of hydrogen-bond donors (Lipinski definition) is 1. The maximum Gasteiger partial charge on any atom is 0.331 e. The highest BCUT2D eigenvalue weighted by Crippen LogP contribution is 2.63. The third-order valence-corrected chi connectivity index (χ3v) is 8.46. The molecule has 4 aliphatic carbocycles. The highest BCUT2D eigenvalue weighted by molar-refractivity contribution is 9.25.